The van der Waals surface area contributed by atoms with Gasteiger partial charge in [0.1, 0.15) is 6.10 Å². The third-order valence-corrected chi connectivity index (χ3v) is 2.44. The molecule has 0 amide bonds. The molecule has 1 rings (SSSR count). The third kappa shape index (κ3) is 3.76. The molecular formula is C11H20O3. The molecule has 3 nitrogen and oxygen atoms in total. The van der Waals surface area contributed by atoms with E-state index in [1.165, 1.54) is 0 Å². The molecule has 0 aliphatic carbocycles. The maximum Gasteiger partial charge on any atom is 0.161 e. The van der Waals surface area contributed by atoms with Gasteiger partial charge in [-0.1, -0.05) is 6.92 Å². The fourth-order valence-corrected chi connectivity index (χ4v) is 1.57. The molecule has 0 bridgehead atoms. The van der Waals surface area contributed by atoms with Gasteiger partial charge in [0.15, 0.2) is 12.1 Å². The van der Waals surface area contributed by atoms with Crippen molar-refractivity contribution < 1.29 is 14.3 Å². The van der Waals surface area contributed by atoms with Crippen molar-refractivity contribution in [3.63, 3.8) is 0 Å². The largest absolute Gasteiger partial charge is 0.353 e. The van der Waals surface area contributed by atoms with Crippen molar-refractivity contribution >= 4 is 5.78 Å². The molecular weight excluding hydrogens is 180 g/mol. The number of rotatable bonds is 5. The predicted molar refractivity (Wildman–Crippen MR) is 54.1 cm³/mol. The molecule has 82 valence electrons. The minimum absolute atomic E-state index is 0.153. The summed E-state index contributed by atoms with van der Waals surface area (Å²) in [4.78, 5) is 11.4. The lowest BCUT2D eigenvalue weighted by molar-refractivity contribution is -0.188. The highest BCUT2D eigenvalue weighted by Gasteiger charge is 2.20. The Labute approximate surface area is 85.8 Å². The lowest BCUT2D eigenvalue weighted by Gasteiger charge is -2.25. The van der Waals surface area contributed by atoms with Crippen molar-refractivity contribution in [1.29, 1.82) is 0 Å². The van der Waals surface area contributed by atoms with E-state index in [9.17, 15) is 4.79 Å². The molecule has 1 heterocycles. The van der Waals surface area contributed by atoms with E-state index >= 15 is 0 Å². The van der Waals surface area contributed by atoms with E-state index in [-0.39, 0.29) is 18.2 Å². The summed E-state index contributed by atoms with van der Waals surface area (Å²) in [5.41, 5.74) is 0. The quantitative estimate of drug-likeness (QED) is 0.683. The van der Waals surface area contributed by atoms with Crippen molar-refractivity contribution in [3.8, 4) is 0 Å². The summed E-state index contributed by atoms with van der Waals surface area (Å²) in [6.45, 7) is 4.58. The van der Waals surface area contributed by atoms with Gasteiger partial charge in [0.2, 0.25) is 0 Å². The average Bonchev–Trinajstić information content (AvgIpc) is 2.19. The monoisotopic (exact) mass is 200 g/mol. The first-order valence-corrected chi connectivity index (χ1v) is 5.53. The minimum atomic E-state index is -0.307. The SMILES string of the molecule is CCCC(=O)[C@H](C)OC1CCCCO1. The van der Waals surface area contributed by atoms with Crippen LogP contribution in [0.25, 0.3) is 0 Å². The molecule has 0 aromatic heterocycles. The van der Waals surface area contributed by atoms with Crippen LogP contribution in [0.3, 0.4) is 0 Å². The van der Waals surface area contributed by atoms with Crippen molar-refractivity contribution in [2.24, 2.45) is 0 Å². The number of Topliss-reactive ketones (excluding diaryl/α,β-unsaturated/α-hetero) is 1. The number of hydrogen-bond donors (Lipinski definition) is 0. The fourth-order valence-electron chi connectivity index (χ4n) is 1.57. The van der Waals surface area contributed by atoms with Crippen molar-refractivity contribution in [2.75, 3.05) is 6.61 Å². The highest BCUT2D eigenvalue weighted by molar-refractivity contribution is 5.82. The molecule has 14 heavy (non-hydrogen) atoms. The zero-order chi connectivity index (χ0) is 10.4. The van der Waals surface area contributed by atoms with E-state index in [0.717, 1.165) is 32.3 Å². The van der Waals surface area contributed by atoms with Crippen LogP contribution in [0.1, 0.15) is 46.0 Å². The second kappa shape index (κ2) is 6.14. The van der Waals surface area contributed by atoms with E-state index in [1.807, 2.05) is 13.8 Å². The molecule has 1 aliphatic heterocycles. The van der Waals surface area contributed by atoms with E-state index in [0.29, 0.717) is 6.42 Å². The van der Waals surface area contributed by atoms with Gasteiger partial charge in [0, 0.05) is 13.0 Å². The number of ether oxygens (including phenoxy) is 2. The summed E-state index contributed by atoms with van der Waals surface area (Å²) < 4.78 is 10.9. The molecule has 1 fully saturated rings. The van der Waals surface area contributed by atoms with Crippen LogP contribution in [0, 0.1) is 0 Å². The Bertz CT molecular complexity index is 173. The molecule has 0 spiro atoms. The molecule has 1 saturated heterocycles. The Hall–Kier alpha value is -0.410. The van der Waals surface area contributed by atoms with Crippen LogP contribution in [0.5, 0.6) is 0 Å². The van der Waals surface area contributed by atoms with Gasteiger partial charge in [0.05, 0.1) is 0 Å². The summed E-state index contributed by atoms with van der Waals surface area (Å²) in [6.07, 6.45) is 4.20. The van der Waals surface area contributed by atoms with Gasteiger partial charge in [-0.05, 0) is 32.6 Å². The number of carbonyl (C=O) groups is 1. The summed E-state index contributed by atoms with van der Waals surface area (Å²) in [5, 5.41) is 0. The normalized spacial score (nSPS) is 24.6. The average molecular weight is 200 g/mol. The zero-order valence-electron chi connectivity index (χ0n) is 9.12. The number of ketones is 1. The standard InChI is InChI=1S/C11H20O3/c1-3-6-10(12)9(2)14-11-7-4-5-8-13-11/h9,11H,3-8H2,1-2H3/t9-,11?/m0/s1. The maximum atomic E-state index is 11.4. The second-order valence-electron chi connectivity index (χ2n) is 3.79. The number of carbonyl (C=O) groups excluding carboxylic acids is 1. The lowest BCUT2D eigenvalue weighted by Crippen LogP contribution is -2.30. The highest BCUT2D eigenvalue weighted by Crippen LogP contribution is 2.16. The Morgan fingerprint density at radius 2 is 2.36 bits per heavy atom. The van der Waals surface area contributed by atoms with Gasteiger partial charge >= 0.3 is 0 Å². The van der Waals surface area contributed by atoms with Gasteiger partial charge in [0.25, 0.3) is 0 Å². The van der Waals surface area contributed by atoms with Crippen LogP contribution in [0.2, 0.25) is 0 Å². The maximum absolute atomic E-state index is 11.4. The zero-order valence-corrected chi connectivity index (χ0v) is 9.12. The van der Waals surface area contributed by atoms with Crippen LogP contribution in [-0.4, -0.2) is 24.8 Å². The molecule has 1 aliphatic rings. The van der Waals surface area contributed by atoms with Crippen LogP contribution in [0.4, 0.5) is 0 Å². The third-order valence-electron chi connectivity index (χ3n) is 2.44. The van der Waals surface area contributed by atoms with Crippen LogP contribution in [0.15, 0.2) is 0 Å². The molecule has 3 heteroatoms. The lowest BCUT2D eigenvalue weighted by atomic mass is 10.1. The number of hydrogen-bond acceptors (Lipinski definition) is 3. The summed E-state index contributed by atoms with van der Waals surface area (Å²) in [7, 11) is 0. The van der Waals surface area contributed by atoms with E-state index < -0.39 is 0 Å². The first kappa shape index (κ1) is 11.7. The highest BCUT2D eigenvalue weighted by atomic mass is 16.7. The van der Waals surface area contributed by atoms with E-state index in [1.54, 1.807) is 0 Å². The minimum Gasteiger partial charge on any atom is -0.353 e. The topological polar surface area (TPSA) is 35.5 Å². The molecule has 0 aromatic rings. The molecule has 0 radical (unpaired) electrons. The summed E-state index contributed by atoms with van der Waals surface area (Å²) in [6, 6.07) is 0. The van der Waals surface area contributed by atoms with Gasteiger partial charge in [-0.2, -0.15) is 0 Å². The van der Waals surface area contributed by atoms with Gasteiger partial charge in [-0.3, -0.25) is 4.79 Å². The smallest absolute Gasteiger partial charge is 0.161 e. The summed E-state index contributed by atoms with van der Waals surface area (Å²) >= 11 is 0. The molecule has 0 saturated carbocycles. The first-order chi connectivity index (χ1) is 6.74. The summed E-state index contributed by atoms with van der Waals surface area (Å²) in [5.74, 6) is 0.182. The Morgan fingerprint density at radius 1 is 1.57 bits per heavy atom. The van der Waals surface area contributed by atoms with E-state index in [4.69, 9.17) is 9.47 Å². The Kier molecular flexibility index (Phi) is 5.12. The van der Waals surface area contributed by atoms with Crippen LogP contribution >= 0.6 is 0 Å². The fraction of sp³-hybridized carbons (Fsp3) is 0.909. The Balaban J connectivity index is 2.24. The van der Waals surface area contributed by atoms with Gasteiger partial charge in [-0.15, -0.1) is 0 Å². The first-order valence-electron chi connectivity index (χ1n) is 5.53. The van der Waals surface area contributed by atoms with Crippen molar-refractivity contribution in [3.05, 3.63) is 0 Å². The molecule has 0 N–H and O–H groups in total. The van der Waals surface area contributed by atoms with Crippen LogP contribution < -0.4 is 0 Å². The van der Waals surface area contributed by atoms with E-state index in [2.05, 4.69) is 0 Å². The van der Waals surface area contributed by atoms with Crippen LogP contribution in [-0.2, 0) is 14.3 Å². The molecule has 1 unspecified atom stereocenters. The van der Waals surface area contributed by atoms with Gasteiger partial charge < -0.3 is 9.47 Å². The van der Waals surface area contributed by atoms with Crippen molar-refractivity contribution in [1.82, 2.24) is 0 Å². The van der Waals surface area contributed by atoms with Gasteiger partial charge in [-0.25, -0.2) is 0 Å². The van der Waals surface area contributed by atoms with Crippen molar-refractivity contribution in [2.45, 2.75) is 58.3 Å². The Morgan fingerprint density at radius 3 is 2.93 bits per heavy atom. The predicted octanol–water partition coefficient (Wildman–Crippen LogP) is 2.29. The second-order valence-corrected chi connectivity index (χ2v) is 3.79. The molecule has 0 aromatic carbocycles. The molecule has 2 atom stereocenters.